The van der Waals surface area contributed by atoms with Gasteiger partial charge in [-0.1, -0.05) is 17.7 Å². The van der Waals surface area contributed by atoms with Gasteiger partial charge in [0.1, 0.15) is 5.75 Å². The number of hydrogen-bond donors (Lipinski definition) is 2. The Morgan fingerprint density at radius 2 is 1.90 bits per heavy atom. The van der Waals surface area contributed by atoms with Crippen LogP contribution in [0.15, 0.2) is 41.3 Å². The highest BCUT2D eigenvalue weighted by Crippen LogP contribution is 2.30. The second kappa shape index (κ2) is 5.83. The molecule has 0 aromatic heterocycles. The summed E-state index contributed by atoms with van der Waals surface area (Å²) >= 11 is 5.88. The molecule has 0 radical (unpaired) electrons. The molecule has 0 aliphatic heterocycles. The quantitative estimate of drug-likeness (QED) is 0.846. The Kier molecular flexibility index (Phi) is 4.29. The van der Waals surface area contributed by atoms with E-state index in [0.717, 1.165) is 5.56 Å². The maximum Gasteiger partial charge on any atom is 0.262 e. The first-order chi connectivity index (χ1) is 9.83. The van der Waals surface area contributed by atoms with Crippen molar-refractivity contribution in [3.05, 3.63) is 47.0 Å². The van der Waals surface area contributed by atoms with E-state index in [4.69, 9.17) is 22.1 Å². The highest BCUT2D eigenvalue weighted by Gasteiger charge is 2.17. The molecular weight excluding hydrogens is 312 g/mol. The monoisotopic (exact) mass is 326 g/mol. The van der Waals surface area contributed by atoms with Crippen molar-refractivity contribution < 1.29 is 13.2 Å². The fraction of sp³-hybridized carbons (Fsp3) is 0.143. The SMILES string of the molecule is COc1ccc(Cl)cc1NS(=O)(=O)c1ccc(C)c(N)c1. The third-order valence-electron chi connectivity index (χ3n) is 2.97. The highest BCUT2D eigenvalue weighted by atomic mass is 35.5. The van der Waals surface area contributed by atoms with Gasteiger partial charge in [-0.3, -0.25) is 4.72 Å². The molecule has 0 heterocycles. The Balaban J connectivity index is 2.41. The van der Waals surface area contributed by atoms with Gasteiger partial charge in [0.05, 0.1) is 17.7 Å². The molecule has 0 fully saturated rings. The van der Waals surface area contributed by atoms with Gasteiger partial charge in [-0.05, 0) is 42.8 Å². The highest BCUT2D eigenvalue weighted by molar-refractivity contribution is 7.92. The molecule has 0 aliphatic carbocycles. The van der Waals surface area contributed by atoms with Crippen LogP contribution < -0.4 is 15.2 Å². The fourth-order valence-corrected chi connectivity index (χ4v) is 3.02. The molecule has 112 valence electrons. The van der Waals surface area contributed by atoms with Crippen LogP contribution in [0.2, 0.25) is 5.02 Å². The number of ether oxygens (including phenoxy) is 1. The van der Waals surface area contributed by atoms with Crippen LogP contribution in [-0.2, 0) is 10.0 Å². The van der Waals surface area contributed by atoms with Gasteiger partial charge in [0.25, 0.3) is 10.0 Å². The minimum atomic E-state index is -3.77. The lowest BCUT2D eigenvalue weighted by Gasteiger charge is -2.13. The van der Waals surface area contributed by atoms with Crippen LogP contribution in [0.5, 0.6) is 5.75 Å². The van der Waals surface area contributed by atoms with Gasteiger partial charge in [0.2, 0.25) is 0 Å². The second-order valence-electron chi connectivity index (χ2n) is 4.47. The van der Waals surface area contributed by atoms with Crippen LogP contribution in [-0.4, -0.2) is 15.5 Å². The molecule has 0 amide bonds. The Labute approximate surface area is 128 Å². The van der Waals surface area contributed by atoms with E-state index in [1.807, 2.05) is 0 Å². The molecular formula is C14H15ClN2O3S. The van der Waals surface area contributed by atoms with Crippen LogP contribution in [0, 0.1) is 6.92 Å². The third-order valence-corrected chi connectivity index (χ3v) is 4.57. The summed E-state index contributed by atoms with van der Waals surface area (Å²) in [5, 5.41) is 0.400. The molecule has 0 atom stereocenters. The van der Waals surface area contributed by atoms with Crippen LogP contribution in [0.1, 0.15) is 5.56 Å². The van der Waals surface area contributed by atoms with Crippen molar-refractivity contribution in [2.24, 2.45) is 0 Å². The average Bonchev–Trinajstić information content (AvgIpc) is 2.41. The predicted octanol–water partition coefficient (Wildman–Crippen LogP) is 3.04. The number of nitrogen functional groups attached to an aromatic ring is 1. The maximum atomic E-state index is 12.4. The van der Waals surface area contributed by atoms with E-state index in [0.29, 0.717) is 16.5 Å². The van der Waals surface area contributed by atoms with E-state index in [2.05, 4.69) is 4.72 Å². The van der Waals surface area contributed by atoms with Gasteiger partial charge in [0, 0.05) is 10.7 Å². The summed E-state index contributed by atoms with van der Waals surface area (Å²) in [6, 6.07) is 9.24. The summed E-state index contributed by atoms with van der Waals surface area (Å²) in [6.45, 7) is 1.80. The van der Waals surface area contributed by atoms with E-state index in [1.165, 1.54) is 25.3 Å². The van der Waals surface area contributed by atoms with Crippen LogP contribution in [0.4, 0.5) is 11.4 Å². The zero-order valence-corrected chi connectivity index (χ0v) is 13.1. The first-order valence-corrected chi connectivity index (χ1v) is 7.92. The minimum absolute atomic E-state index is 0.0765. The molecule has 7 heteroatoms. The van der Waals surface area contributed by atoms with Crippen LogP contribution in [0.25, 0.3) is 0 Å². The van der Waals surface area contributed by atoms with Gasteiger partial charge in [-0.25, -0.2) is 8.42 Å². The van der Waals surface area contributed by atoms with Crippen molar-refractivity contribution >= 4 is 33.0 Å². The fourth-order valence-electron chi connectivity index (χ4n) is 1.75. The summed E-state index contributed by atoms with van der Waals surface area (Å²) < 4.78 is 32.3. The Bertz CT molecular complexity index is 776. The first-order valence-electron chi connectivity index (χ1n) is 6.06. The van der Waals surface area contributed by atoms with Crippen LogP contribution in [0.3, 0.4) is 0 Å². The molecule has 0 saturated heterocycles. The molecule has 0 unspecified atom stereocenters. The number of nitrogens with two attached hydrogens (primary N) is 1. The predicted molar refractivity (Wildman–Crippen MR) is 84.4 cm³/mol. The molecule has 3 N–H and O–H groups in total. The van der Waals surface area contributed by atoms with E-state index < -0.39 is 10.0 Å². The van der Waals surface area contributed by atoms with Gasteiger partial charge < -0.3 is 10.5 Å². The zero-order valence-electron chi connectivity index (χ0n) is 11.6. The third kappa shape index (κ3) is 3.40. The van der Waals surface area contributed by atoms with E-state index in [-0.39, 0.29) is 10.6 Å². The van der Waals surface area contributed by atoms with Crippen molar-refractivity contribution in [1.29, 1.82) is 0 Å². The molecule has 0 spiro atoms. The number of benzene rings is 2. The van der Waals surface area contributed by atoms with Gasteiger partial charge in [0.15, 0.2) is 0 Å². The number of halogens is 1. The van der Waals surface area contributed by atoms with E-state index >= 15 is 0 Å². The number of sulfonamides is 1. The number of nitrogens with one attached hydrogen (secondary N) is 1. The maximum absolute atomic E-state index is 12.4. The summed E-state index contributed by atoms with van der Waals surface area (Å²) in [5.74, 6) is 0.378. The lowest BCUT2D eigenvalue weighted by Crippen LogP contribution is -2.14. The van der Waals surface area contributed by atoms with Crippen molar-refractivity contribution in [2.75, 3.05) is 17.6 Å². The van der Waals surface area contributed by atoms with Gasteiger partial charge >= 0.3 is 0 Å². The summed E-state index contributed by atoms with van der Waals surface area (Å²) in [7, 11) is -2.32. The molecule has 2 rings (SSSR count). The first kappa shape index (κ1) is 15.5. The van der Waals surface area contributed by atoms with Crippen molar-refractivity contribution in [1.82, 2.24) is 0 Å². The average molecular weight is 327 g/mol. The van der Waals surface area contributed by atoms with E-state index in [1.54, 1.807) is 25.1 Å². The summed E-state index contributed by atoms with van der Waals surface area (Å²) in [5.41, 5.74) is 7.25. The van der Waals surface area contributed by atoms with Crippen molar-refractivity contribution in [3.8, 4) is 5.75 Å². The molecule has 21 heavy (non-hydrogen) atoms. The lowest BCUT2D eigenvalue weighted by molar-refractivity contribution is 0.417. The van der Waals surface area contributed by atoms with Gasteiger partial charge in [-0.15, -0.1) is 0 Å². The molecule has 2 aromatic carbocycles. The van der Waals surface area contributed by atoms with E-state index in [9.17, 15) is 8.42 Å². The topological polar surface area (TPSA) is 81.4 Å². The minimum Gasteiger partial charge on any atom is -0.495 e. The Morgan fingerprint density at radius 1 is 1.19 bits per heavy atom. The molecule has 0 bridgehead atoms. The Morgan fingerprint density at radius 3 is 2.52 bits per heavy atom. The van der Waals surface area contributed by atoms with Crippen molar-refractivity contribution in [3.63, 3.8) is 0 Å². The molecule has 0 saturated carbocycles. The summed E-state index contributed by atoms with van der Waals surface area (Å²) in [6.07, 6.45) is 0. The van der Waals surface area contributed by atoms with Crippen molar-refractivity contribution in [2.45, 2.75) is 11.8 Å². The normalized spacial score (nSPS) is 11.2. The standard InChI is InChI=1S/C14H15ClN2O3S/c1-9-3-5-11(8-12(9)16)21(18,19)17-13-7-10(15)4-6-14(13)20-2/h3-8,17H,16H2,1-2H3. The number of hydrogen-bond acceptors (Lipinski definition) is 4. The summed E-state index contributed by atoms with van der Waals surface area (Å²) in [4.78, 5) is 0.0765. The zero-order chi connectivity index (χ0) is 15.6. The molecule has 2 aromatic rings. The molecule has 0 aliphatic rings. The number of methoxy groups -OCH3 is 1. The number of aryl methyl sites for hydroxylation is 1. The Hall–Kier alpha value is -1.92. The largest absolute Gasteiger partial charge is 0.495 e. The number of anilines is 2. The second-order valence-corrected chi connectivity index (χ2v) is 6.59. The lowest BCUT2D eigenvalue weighted by atomic mass is 10.2. The van der Waals surface area contributed by atoms with Crippen LogP contribution >= 0.6 is 11.6 Å². The molecule has 5 nitrogen and oxygen atoms in total. The number of rotatable bonds is 4. The van der Waals surface area contributed by atoms with Gasteiger partial charge in [-0.2, -0.15) is 0 Å². The smallest absolute Gasteiger partial charge is 0.262 e.